The van der Waals surface area contributed by atoms with E-state index in [1.165, 1.54) is 0 Å². The molecule has 1 atom stereocenters. The average Bonchev–Trinajstić information content (AvgIpc) is 1.95. The molecule has 78 valence electrons. The molecule has 3 nitrogen and oxygen atoms in total. The molecule has 0 bridgehead atoms. The van der Waals surface area contributed by atoms with Gasteiger partial charge in [-0.05, 0) is 0 Å². The van der Waals surface area contributed by atoms with E-state index in [2.05, 4.69) is 0 Å². The van der Waals surface area contributed by atoms with Crippen LogP contribution in [0.3, 0.4) is 0 Å². The van der Waals surface area contributed by atoms with Crippen LogP contribution in [0.25, 0.3) is 0 Å². The summed E-state index contributed by atoms with van der Waals surface area (Å²) in [6, 6.07) is -1.08. The number of carbonyl (C=O) groups is 1. The molecule has 0 saturated heterocycles. The number of carboxylic acids is 1. The molecule has 0 aliphatic rings. The maximum absolute atomic E-state index is 11.6. The van der Waals surface area contributed by atoms with Crippen molar-refractivity contribution in [2.45, 2.75) is 18.6 Å². The summed E-state index contributed by atoms with van der Waals surface area (Å²) < 4.78 is 34.7. The number of hydrogen-bond acceptors (Lipinski definition) is 3. The molecule has 3 N–H and O–H groups in total. The molecule has 0 aromatic rings. The summed E-state index contributed by atoms with van der Waals surface area (Å²) >= 11 is 0.891. The van der Waals surface area contributed by atoms with Gasteiger partial charge in [0.2, 0.25) is 0 Å². The van der Waals surface area contributed by atoms with Crippen LogP contribution in [0.15, 0.2) is 0 Å². The van der Waals surface area contributed by atoms with E-state index in [0.29, 0.717) is 0 Å². The van der Waals surface area contributed by atoms with E-state index < -0.39 is 24.6 Å². The second kappa shape index (κ2) is 5.33. The second-order valence-electron chi connectivity index (χ2n) is 2.38. The molecular formula is C6H10F3NO2S. The first-order valence-electron chi connectivity index (χ1n) is 3.46. The Morgan fingerprint density at radius 2 is 2.08 bits per heavy atom. The van der Waals surface area contributed by atoms with E-state index >= 15 is 0 Å². The topological polar surface area (TPSA) is 63.3 Å². The first kappa shape index (κ1) is 12.6. The van der Waals surface area contributed by atoms with Gasteiger partial charge in [-0.15, -0.1) is 0 Å². The Morgan fingerprint density at radius 3 is 2.46 bits per heavy atom. The van der Waals surface area contributed by atoms with Gasteiger partial charge in [0.1, 0.15) is 6.04 Å². The van der Waals surface area contributed by atoms with Crippen LogP contribution < -0.4 is 5.73 Å². The Morgan fingerprint density at radius 1 is 1.54 bits per heavy atom. The molecule has 0 aliphatic carbocycles. The Balaban J connectivity index is 3.41. The lowest BCUT2D eigenvalue weighted by molar-refractivity contribution is -0.137. The third-order valence-corrected chi connectivity index (χ3v) is 2.23. The molecule has 0 aromatic heterocycles. The normalized spacial score (nSPS) is 14.2. The van der Waals surface area contributed by atoms with Crippen LogP contribution in [0.2, 0.25) is 0 Å². The van der Waals surface area contributed by atoms with E-state index in [9.17, 15) is 18.0 Å². The van der Waals surface area contributed by atoms with E-state index in [1.807, 2.05) is 0 Å². The Hall–Kier alpha value is -0.430. The monoisotopic (exact) mass is 217 g/mol. The number of nitrogens with two attached hydrogens (primary N) is 1. The second-order valence-corrected chi connectivity index (χ2v) is 3.53. The predicted octanol–water partition coefficient (Wildman–Crippen LogP) is 1.08. The molecule has 0 unspecified atom stereocenters. The lowest BCUT2D eigenvalue weighted by atomic mass is 10.4. The molecule has 0 spiro atoms. The van der Waals surface area contributed by atoms with Crippen LogP contribution >= 0.6 is 11.8 Å². The van der Waals surface area contributed by atoms with Gasteiger partial charge in [0.25, 0.3) is 0 Å². The number of halogens is 3. The number of carboxylic acid groups (broad SMARTS) is 1. The highest BCUT2D eigenvalue weighted by atomic mass is 32.2. The zero-order chi connectivity index (χ0) is 10.5. The van der Waals surface area contributed by atoms with Crippen molar-refractivity contribution in [3.63, 3.8) is 0 Å². The predicted molar refractivity (Wildman–Crippen MR) is 43.6 cm³/mol. The summed E-state index contributed by atoms with van der Waals surface area (Å²) in [5.41, 5.74) is 5.06. The smallest absolute Gasteiger partial charge is 0.389 e. The summed E-state index contributed by atoms with van der Waals surface area (Å²) in [4.78, 5) is 10.1. The van der Waals surface area contributed by atoms with E-state index in [4.69, 9.17) is 10.8 Å². The van der Waals surface area contributed by atoms with Crippen LogP contribution in [0.1, 0.15) is 6.42 Å². The van der Waals surface area contributed by atoms with Crippen molar-refractivity contribution >= 4 is 17.7 Å². The van der Waals surface area contributed by atoms with Gasteiger partial charge in [-0.2, -0.15) is 24.9 Å². The van der Waals surface area contributed by atoms with Crippen LogP contribution in [0.4, 0.5) is 13.2 Å². The van der Waals surface area contributed by atoms with Gasteiger partial charge in [0, 0.05) is 11.5 Å². The van der Waals surface area contributed by atoms with Crippen molar-refractivity contribution in [1.82, 2.24) is 0 Å². The van der Waals surface area contributed by atoms with Gasteiger partial charge in [-0.1, -0.05) is 0 Å². The lowest BCUT2D eigenvalue weighted by Crippen LogP contribution is -2.32. The van der Waals surface area contributed by atoms with Crippen molar-refractivity contribution in [2.75, 3.05) is 11.5 Å². The molecule has 0 saturated carbocycles. The minimum Gasteiger partial charge on any atom is -0.480 e. The molecular weight excluding hydrogens is 207 g/mol. The summed E-state index contributed by atoms with van der Waals surface area (Å²) in [6.07, 6.45) is -5.09. The Labute approximate surface area is 77.5 Å². The first-order chi connectivity index (χ1) is 5.83. The number of rotatable bonds is 5. The lowest BCUT2D eigenvalue weighted by Gasteiger charge is -2.07. The van der Waals surface area contributed by atoms with Gasteiger partial charge >= 0.3 is 12.1 Å². The highest BCUT2D eigenvalue weighted by molar-refractivity contribution is 7.99. The molecule has 0 heterocycles. The largest absolute Gasteiger partial charge is 0.480 e. The highest BCUT2D eigenvalue weighted by Crippen LogP contribution is 2.21. The fraction of sp³-hybridized carbons (Fsp3) is 0.833. The molecule has 0 fully saturated rings. The van der Waals surface area contributed by atoms with Gasteiger partial charge in [-0.25, -0.2) is 0 Å². The minimum absolute atomic E-state index is 0.00537. The molecule has 0 amide bonds. The van der Waals surface area contributed by atoms with Crippen molar-refractivity contribution in [2.24, 2.45) is 5.73 Å². The van der Waals surface area contributed by atoms with Gasteiger partial charge in [0.05, 0.1) is 6.42 Å². The highest BCUT2D eigenvalue weighted by Gasteiger charge is 2.26. The van der Waals surface area contributed by atoms with Crippen LogP contribution in [0, 0.1) is 0 Å². The summed E-state index contributed by atoms with van der Waals surface area (Å²) in [6.45, 7) is 0. The van der Waals surface area contributed by atoms with E-state index in [-0.39, 0.29) is 11.5 Å². The maximum Gasteiger partial charge on any atom is 0.389 e. The van der Waals surface area contributed by atoms with Crippen LogP contribution in [-0.2, 0) is 4.79 Å². The minimum atomic E-state index is -4.18. The fourth-order valence-electron chi connectivity index (χ4n) is 0.469. The molecule has 0 rings (SSSR count). The molecule has 7 heteroatoms. The maximum atomic E-state index is 11.6. The summed E-state index contributed by atoms with van der Waals surface area (Å²) in [5.74, 6) is -1.34. The van der Waals surface area contributed by atoms with Crippen LogP contribution in [-0.4, -0.2) is 34.8 Å². The fourth-order valence-corrected chi connectivity index (χ4v) is 1.41. The molecule has 0 aromatic carbocycles. The number of hydrogen-bond donors (Lipinski definition) is 2. The van der Waals surface area contributed by atoms with Gasteiger partial charge in [0.15, 0.2) is 0 Å². The number of aliphatic carboxylic acids is 1. The van der Waals surface area contributed by atoms with Crippen molar-refractivity contribution in [3.8, 4) is 0 Å². The van der Waals surface area contributed by atoms with Gasteiger partial charge < -0.3 is 10.8 Å². The quantitative estimate of drug-likeness (QED) is 0.676. The Kier molecular flexibility index (Phi) is 5.16. The van der Waals surface area contributed by atoms with E-state index in [0.717, 1.165) is 11.8 Å². The van der Waals surface area contributed by atoms with Crippen LogP contribution in [0.5, 0.6) is 0 Å². The van der Waals surface area contributed by atoms with Crippen molar-refractivity contribution in [3.05, 3.63) is 0 Å². The standard InChI is InChI=1S/C6H10F3NO2S/c7-6(8,9)1-2-13-3-4(10)5(11)12/h4H,1-3,10H2,(H,11,12)/t4-/m1/s1. The van der Waals surface area contributed by atoms with E-state index in [1.54, 1.807) is 0 Å². The average molecular weight is 217 g/mol. The molecule has 0 aliphatic heterocycles. The third-order valence-electron chi connectivity index (χ3n) is 1.14. The number of alkyl halides is 3. The SMILES string of the molecule is N[C@H](CSCCC(F)(F)F)C(=O)O. The van der Waals surface area contributed by atoms with Crippen molar-refractivity contribution in [1.29, 1.82) is 0 Å². The van der Waals surface area contributed by atoms with Crippen molar-refractivity contribution < 1.29 is 23.1 Å². The summed E-state index contributed by atoms with van der Waals surface area (Å²) in [7, 11) is 0. The summed E-state index contributed by atoms with van der Waals surface area (Å²) in [5, 5.41) is 8.28. The Bertz CT molecular complexity index is 174. The zero-order valence-electron chi connectivity index (χ0n) is 6.67. The number of thioether (sulfide) groups is 1. The third kappa shape index (κ3) is 7.92. The molecule has 13 heavy (non-hydrogen) atoms. The molecule has 0 radical (unpaired) electrons. The zero-order valence-corrected chi connectivity index (χ0v) is 7.49. The first-order valence-corrected chi connectivity index (χ1v) is 4.61. The van der Waals surface area contributed by atoms with Gasteiger partial charge in [-0.3, -0.25) is 4.79 Å².